The van der Waals surface area contributed by atoms with Crippen LogP contribution in [0.2, 0.25) is 4.34 Å². The summed E-state index contributed by atoms with van der Waals surface area (Å²) in [5, 5.41) is 0.726. The van der Waals surface area contributed by atoms with Crippen molar-refractivity contribution in [2.24, 2.45) is 0 Å². The van der Waals surface area contributed by atoms with Gasteiger partial charge in [-0.3, -0.25) is 14.6 Å². The largest absolute Gasteiger partial charge is 0.379 e. The number of ether oxygens (including phenoxy) is 1. The molecule has 0 saturated carbocycles. The SMILES string of the molecule is O=C(c1ccc(Cl)s1)N(CCCN1CCOCC1)c1nc2ccc(Br)cc2s1. The minimum Gasteiger partial charge on any atom is -0.379 e. The zero-order chi connectivity index (χ0) is 19.5. The van der Waals surface area contributed by atoms with Gasteiger partial charge in [0.25, 0.3) is 5.91 Å². The summed E-state index contributed by atoms with van der Waals surface area (Å²) in [7, 11) is 0. The summed E-state index contributed by atoms with van der Waals surface area (Å²) in [4.78, 5) is 22.7. The van der Waals surface area contributed by atoms with Gasteiger partial charge >= 0.3 is 0 Å². The highest BCUT2D eigenvalue weighted by molar-refractivity contribution is 9.10. The van der Waals surface area contributed by atoms with Gasteiger partial charge in [0.2, 0.25) is 0 Å². The second-order valence-electron chi connectivity index (χ2n) is 6.48. The predicted molar refractivity (Wildman–Crippen MR) is 120 cm³/mol. The van der Waals surface area contributed by atoms with E-state index in [9.17, 15) is 4.79 Å². The summed E-state index contributed by atoms with van der Waals surface area (Å²) in [6.45, 7) is 5.01. The molecule has 1 amide bonds. The predicted octanol–water partition coefficient (Wildman–Crippen LogP) is 5.14. The van der Waals surface area contributed by atoms with Gasteiger partial charge in [-0.05, 0) is 36.8 Å². The standard InChI is InChI=1S/C19H19BrClN3O2S2/c20-13-2-3-14-16(12-13)28-19(22-14)24(18(25)15-4-5-17(21)27-15)7-1-6-23-8-10-26-11-9-23/h2-5,12H,1,6-11H2. The molecule has 148 valence electrons. The molecule has 0 spiro atoms. The summed E-state index contributed by atoms with van der Waals surface area (Å²) in [6, 6.07) is 9.53. The smallest absolute Gasteiger partial charge is 0.270 e. The molecule has 5 nitrogen and oxygen atoms in total. The van der Waals surface area contributed by atoms with Gasteiger partial charge in [0.15, 0.2) is 5.13 Å². The quantitative estimate of drug-likeness (QED) is 0.470. The number of carbonyl (C=O) groups excluding carboxylic acids is 1. The number of halogens is 2. The van der Waals surface area contributed by atoms with Crippen molar-refractivity contribution in [3.8, 4) is 0 Å². The second-order valence-corrected chi connectivity index (χ2v) is 10.1. The van der Waals surface area contributed by atoms with E-state index in [1.54, 1.807) is 17.0 Å². The highest BCUT2D eigenvalue weighted by atomic mass is 79.9. The molecule has 9 heteroatoms. The number of thiazole rings is 1. The summed E-state index contributed by atoms with van der Waals surface area (Å²) in [5.74, 6) is -0.0444. The number of morpholine rings is 1. The van der Waals surface area contributed by atoms with E-state index >= 15 is 0 Å². The Morgan fingerprint density at radius 1 is 1.25 bits per heavy atom. The van der Waals surface area contributed by atoms with Crippen LogP contribution in [-0.2, 0) is 4.74 Å². The molecule has 4 rings (SSSR count). The Bertz CT molecular complexity index is 971. The molecule has 0 radical (unpaired) electrons. The van der Waals surface area contributed by atoms with Crippen LogP contribution in [-0.4, -0.2) is 55.2 Å². The third-order valence-corrected chi connectivity index (χ3v) is 7.31. The zero-order valence-electron chi connectivity index (χ0n) is 15.1. The number of hydrogen-bond acceptors (Lipinski definition) is 6. The number of anilines is 1. The van der Waals surface area contributed by atoms with Gasteiger partial charge in [-0.15, -0.1) is 11.3 Å². The molecule has 28 heavy (non-hydrogen) atoms. The first-order chi connectivity index (χ1) is 13.6. The Kier molecular flexibility index (Phi) is 6.65. The van der Waals surface area contributed by atoms with Crippen LogP contribution < -0.4 is 4.90 Å². The normalized spacial score (nSPS) is 15.2. The van der Waals surface area contributed by atoms with Crippen molar-refractivity contribution in [1.82, 2.24) is 9.88 Å². The Hall–Kier alpha value is -1.03. The van der Waals surface area contributed by atoms with Crippen LogP contribution in [0, 0.1) is 0 Å². The highest BCUT2D eigenvalue weighted by Gasteiger charge is 2.23. The number of amides is 1. The Morgan fingerprint density at radius 3 is 2.82 bits per heavy atom. The van der Waals surface area contributed by atoms with Gasteiger partial charge in [0.1, 0.15) is 0 Å². The molecule has 1 saturated heterocycles. The van der Waals surface area contributed by atoms with Crippen LogP contribution in [0.5, 0.6) is 0 Å². The highest BCUT2D eigenvalue weighted by Crippen LogP contribution is 2.33. The summed E-state index contributed by atoms with van der Waals surface area (Å²) in [5.41, 5.74) is 0.901. The van der Waals surface area contributed by atoms with Crippen LogP contribution in [0.1, 0.15) is 16.1 Å². The monoisotopic (exact) mass is 499 g/mol. The topological polar surface area (TPSA) is 45.7 Å². The van der Waals surface area contributed by atoms with Crippen LogP contribution in [0.15, 0.2) is 34.8 Å². The minimum atomic E-state index is -0.0444. The van der Waals surface area contributed by atoms with Gasteiger partial charge in [-0.25, -0.2) is 4.98 Å². The molecule has 0 unspecified atom stereocenters. The summed E-state index contributed by atoms with van der Waals surface area (Å²) >= 11 is 12.4. The Labute approximate surface area is 185 Å². The molecule has 1 aliphatic heterocycles. The van der Waals surface area contributed by atoms with Crippen molar-refractivity contribution < 1.29 is 9.53 Å². The van der Waals surface area contributed by atoms with Gasteiger partial charge in [0.05, 0.1) is 32.6 Å². The third kappa shape index (κ3) is 4.75. The average molecular weight is 501 g/mol. The van der Waals surface area contributed by atoms with Gasteiger partial charge in [-0.2, -0.15) is 0 Å². The lowest BCUT2D eigenvalue weighted by Crippen LogP contribution is -2.39. The number of hydrogen-bond donors (Lipinski definition) is 0. The fourth-order valence-corrected chi connectivity index (χ4v) is 5.66. The molecule has 1 fully saturated rings. The molecule has 0 aliphatic carbocycles. The number of aromatic nitrogens is 1. The lowest BCUT2D eigenvalue weighted by molar-refractivity contribution is 0.0376. The van der Waals surface area contributed by atoms with E-state index in [0.717, 1.165) is 59.1 Å². The Balaban J connectivity index is 1.55. The minimum absolute atomic E-state index is 0.0444. The molecule has 3 heterocycles. The average Bonchev–Trinajstić information content (AvgIpc) is 3.31. The fraction of sp³-hybridized carbons (Fsp3) is 0.368. The maximum atomic E-state index is 13.2. The van der Waals surface area contributed by atoms with E-state index in [4.69, 9.17) is 21.3 Å². The molecule has 1 aliphatic rings. The second kappa shape index (κ2) is 9.19. The van der Waals surface area contributed by atoms with Crippen molar-refractivity contribution in [3.05, 3.63) is 44.0 Å². The van der Waals surface area contributed by atoms with Crippen molar-refractivity contribution in [1.29, 1.82) is 0 Å². The Morgan fingerprint density at radius 2 is 2.07 bits per heavy atom. The molecular weight excluding hydrogens is 482 g/mol. The molecule has 2 aromatic heterocycles. The van der Waals surface area contributed by atoms with E-state index in [-0.39, 0.29) is 5.91 Å². The van der Waals surface area contributed by atoms with E-state index < -0.39 is 0 Å². The van der Waals surface area contributed by atoms with Crippen LogP contribution >= 0.6 is 50.2 Å². The number of benzene rings is 1. The maximum Gasteiger partial charge on any atom is 0.270 e. The van der Waals surface area contributed by atoms with E-state index in [0.29, 0.717) is 15.8 Å². The van der Waals surface area contributed by atoms with Crippen molar-refractivity contribution in [3.63, 3.8) is 0 Å². The summed E-state index contributed by atoms with van der Waals surface area (Å²) in [6.07, 6.45) is 0.879. The first kappa shape index (κ1) is 20.3. The summed E-state index contributed by atoms with van der Waals surface area (Å²) < 4.78 is 8.08. The number of fused-ring (bicyclic) bond motifs is 1. The zero-order valence-corrected chi connectivity index (χ0v) is 19.0. The van der Waals surface area contributed by atoms with E-state index in [1.807, 2.05) is 18.2 Å². The van der Waals surface area contributed by atoms with Gasteiger partial charge in [-0.1, -0.05) is 38.9 Å². The van der Waals surface area contributed by atoms with Crippen LogP contribution in [0.25, 0.3) is 10.2 Å². The maximum absolute atomic E-state index is 13.2. The molecule has 0 bridgehead atoms. The number of rotatable bonds is 6. The van der Waals surface area contributed by atoms with Crippen molar-refractivity contribution >= 4 is 71.5 Å². The van der Waals surface area contributed by atoms with Crippen molar-refractivity contribution in [2.45, 2.75) is 6.42 Å². The number of carbonyl (C=O) groups is 1. The first-order valence-corrected chi connectivity index (χ1v) is 11.8. The first-order valence-electron chi connectivity index (χ1n) is 9.03. The van der Waals surface area contributed by atoms with Crippen LogP contribution in [0.4, 0.5) is 5.13 Å². The molecule has 0 atom stereocenters. The molecule has 3 aromatic rings. The molecule has 0 N–H and O–H groups in total. The molecule has 1 aromatic carbocycles. The fourth-order valence-electron chi connectivity index (χ4n) is 3.13. The lowest BCUT2D eigenvalue weighted by atomic mass is 10.3. The number of thiophene rings is 1. The molecular formula is C19H19BrClN3O2S2. The van der Waals surface area contributed by atoms with Gasteiger partial charge < -0.3 is 4.74 Å². The van der Waals surface area contributed by atoms with E-state index in [2.05, 4.69) is 20.8 Å². The lowest BCUT2D eigenvalue weighted by Gasteiger charge is -2.27. The van der Waals surface area contributed by atoms with Crippen LogP contribution in [0.3, 0.4) is 0 Å². The van der Waals surface area contributed by atoms with E-state index in [1.165, 1.54) is 22.7 Å². The number of nitrogens with zero attached hydrogens (tertiary/aromatic N) is 3. The third-order valence-electron chi connectivity index (χ3n) is 4.56. The van der Waals surface area contributed by atoms with Gasteiger partial charge in [0, 0.05) is 30.7 Å². The van der Waals surface area contributed by atoms with Crippen molar-refractivity contribution in [2.75, 3.05) is 44.3 Å².